The Labute approximate surface area is 55.6 Å². The van der Waals surface area contributed by atoms with E-state index in [4.69, 9.17) is 0 Å². The molecule has 2 aliphatic carbocycles. The molecule has 0 aromatic rings. The van der Waals surface area contributed by atoms with Crippen molar-refractivity contribution in [2.45, 2.75) is 19.3 Å². The lowest BCUT2D eigenvalue weighted by atomic mass is 10.1. The molecule has 0 unspecified atom stereocenters. The van der Waals surface area contributed by atoms with Crippen LogP contribution in [0.15, 0.2) is 35.5 Å². The molecular weight excluding hydrogens is 108 g/mol. The zero-order valence-corrected chi connectivity index (χ0v) is 5.48. The smallest absolute Gasteiger partial charge is 0.0267 e. The standard InChI is InChI=1S/C9H10/c1-7-5-6-8-3-2-4-9(7)8/h5-6H,1-4H2. The van der Waals surface area contributed by atoms with Crippen molar-refractivity contribution in [3.63, 3.8) is 0 Å². The summed E-state index contributed by atoms with van der Waals surface area (Å²) in [6, 6.07) is 0. The zero-order chi connectivity index (χ0) is 6.27. The average Bonchev–Trinajstić information content (AvgIpc) is 2.35. The molecule has 0 heterocycles. The molecule has 0 bridgehead atoms. The quantitative estimate of drug-likeness (QED) is 0.458. The molecule has 0 aliphatic heterocycles. The Kier molecular flexibility index (Phi) is 0.895. The second kappa shape index (κ2) is 1.60. The molecule has 9 heavy (non-hydrogen) atoms. The van der Waals surface area contributed by atoms with E-state index < -0.39 is 0 Å². The van der Waals surface area contributed by atoms with Gasteiger partial charge in [-0.2, -0.15) is 0 Å². The van der Waals surface area contributed by atoms with Crippen LogP contribution in [0.2, 0.25) is 0 Å². The van der Waals surface area contributed by atoms with Gasteiger partial charge in [0.1, 0.15) is 0 Å². The van der Waals surface area contributed by atoms with Gasteiger partial charge in [-0.25, -0.2) is 0 Å². The van der Waals surface area contributed by atoms with E-state index in [0.29, 0.717) is 0 Å². The van der Waals surface area contributed by atoms with Crippen molar-refractivity contribution in [1.29, 1.82) is 0 Å². The predicted octanol–water partition coefficient (Wildman–Crippen LogP) is 2.59. The van der Waals surface area contributed by atoms with E-state index in [1.807, 2.05) is 0 Å². The lowest BCUT2D eigenvalue weighted by Gasteiger charge is -1.93. The Morgan fingerprint density at radius 3 is 2.89 bits per heavy atom. The molecule has 0 saturated heterocycles. The second-order valence-corrected chi connectivity index (χ2v) is 2.72. The van der Waals surface area contributed by atoms with Gasteiger partial charge < -0.3 is 0 Å². The minimum absolute atomic E-state index is 1.25. The average molecular weight is 118 g/mol. The van der Waals surface area contributed by atoms with Gasteiger partial charge in [-0.15, -0.1) is 0 Å². The first kappa shape index (κ1) is 5.04. The Morgan fingerprint density at radius 1 is 1.22 bits per heavy atom. The highest BCUT2D eigenvalue weighted by Crippen LogP contribution is 2.36. The Hall–Kier alpha value is -0.780. The monoisotopic (exact) mass is 118 g/mol. The molecule has 2 aliphatic rings. The summed E-state index contributed by atoms with van der Waals surface area (Å²) in [6.07, 6.45) is 8.23. The van der Waals surface area contributed by atoms with Crippen molar-refractivity contribution in [3.8, 4) is 0 Å². The van der Waals surface area contributed by atoms with Crippen LogP contribution in [0.3, 0.4) is 0 Å². The highest BCUT2D eigenvalue weighted by atomic mass is 14.2. The van der Waals surface area contributed by atoms with Gasteiger partial charge in [0.15, 0.2) is 0 Å². The lowest BCUT2D eigenvalue weighted by molar-refractivity contribution is 0.900. The van der Waals surface area contributed by atoms with E-state index in [1.165, 1.54) is 30.4 Å². The van der Waals surface area contributed by atoms with Gasteiger partial charge in [0.2, 0.25) is 0 Å². The van der Waals surface area contributed by atoms with Crippen molar-refractivity contribution < 1.29 is 0 Å². The predicted molar refractivity (Wildman–Crippen MR) is 39.2 cm³/mol. The second-order valence-electron chi connectivity index (χ2n) is 2.72. The van der Waals surface area contributed by atoms with E-state index >= 15 is 0 Å². The Morgan fingerprint density at radius 2 is 2.11 bits per heavy atom. The van der Waals surface area contributed by atoms with Crippen LogP contribution in [0, 0.1) is 0 Å². The van der Waals surface area contributed by atoms with Gasteiger partial charge in [-0.05, 0) is 36.0 Å². The summed E-state index contributed by atoms with van der Waals surface area (Å²) in [5.41, 5.74) is 4.32. The number of allylic oxidation sites excluding steroid dienone is 5. The Bertz CT molecular complexity index is 210. The molecule has 0 atom stereocenters. The highest BCUT2D eigenvalue weighted by Gasteiger charge is 2.17. The first-order valence-corrected chi connectivity index (χ1v) is 3.47. The van der Waals surface area contributed by atoms with E-state index in [2.05, 4.69) is 18.7 Å². The molecular formula is C9H10. The molecule has 0 spiro atoms. The minimum atomic E-state index is 1.25. The van der Waals surface area contributed by atoms with Crippen LogP contribution in [0.25, 0.3) is 0 Å². The van der Waals surface area contributed by atoms with Gasteiger partial charge in [-0.3, -0.25) is 0 Å². The van der Waals surface area contributed by atoms with Crippen LogP contribution < -0.4 is 0 Å². The van der Waals surface area contributed by atoms with Gasteiger partial charge >= 0.3 is 0 Å². The maximum atomic E-state index is 3.95. The molecule has 0 heteroatoms. The van der Waals surface area contributed by atoms with E-state index in [-0.39, 0.29) is 0 Å². The van der Waals surface area contributed by atoms with Crippen molar-refractivity contribution in [3.05, 3.63) is 35.5 Å². The van der Waals surface area contributed by atoms with Crippen LogP contribution in [0.4, 0.5) is 0 Å². The van der Waals surface area contributed by atoms with Crippen LogP contribution in [-0.4, -0.2) is 0 Å². The Balaban J connectivity index is 2.44. The third-order valence-corrected chi connectivity index (χ3v) is 2.13. The molecule has 0 aromatic carbocycles. The summed E-state index contributed by atoms with van der Waals surface area (Å²) in [4.78, 5) is 0. The maximum Gasteiger partial charge on any atom is -0.0267 e. The minimum Gasteiger partial charge on any atom is -0.0915 e. The highest BCUT2D eigenvalue weighted by molar-refractivity contribution is 5.53. The molecule has 0 nitrogen and oxygen atoms in total. The van der Waals surface area contributed by atoms with Crippen LogP contribution >= 0.6 is 0 Å². The van der Waals surface area contributed by atoms with Crippen LogP contribution in [0.1, 0.15) is 19.3 Å². The molecule has 0 amide bonds. The van der Waals surface area contributed by atoms with E-state index in [1.54, 1.807) is 5.57 Å². The van der Waals surface area contributed by atoms with Crippen molar-refractivity contribution >= 4 is 0 Å². The third kappa shape index (κ3) is 0.593. The first-order valence-electron chi connectivity index (χ1n) is 3.47. The van der Waals surface area contributed by atoms with Crippen LogP contribution in [0.5, 0.6) is 0 Å². The summed E-state index contributed by atoms with van der Waals surface area (Å²) in [7, 11) is 0. The fourth-order valence-electron chi connectivity index (χ4n) is 1.62. The third-order valence-electron chi connectivity index (χ3n) is 2.13. The topological polar surface area (TPSA) is 0 Å². The lowest BCUT2D eigenvalue weighted by Crippen LogP contribution is -1.74. The summed E-state index contributed by atoms with van der Waals surface area (Å²) in [5.74, 6) is 0. The van der Waals surface area contributed by atoms with E-state index in [0.717, 1.165) is 0 Å². The van der Waals surface area contributed by atoms with Crippen LogP contribution in [-0.2, 0) is 0 Å². The fourth-order valence-corrected chi connectivity index (χ4v) is 1.62. The fraction of sp³-hybridized carbons (Fsp3) is 0.333. The van der Waals surface area contributed by atoms with Crippen molar-refractivity contribution in [2.75, 3.05) is 0 Å². The van der Waals surface area contributed by atoms with Crippen molar-refractivity contribution in [1.82, 2.24) is 0 Å². The largest absolute Gasteiger partial charge is 0.0915 e. The van der Waals surface area contributed by atoms with Gasteiger partial charge in [0, 0.05) is 0 Å². The SMILES string of the molecule is C=C1C=CC2=C1CCC2. The van der Waals surface area contributed by atoms with E-state index in [9.17, 15) is 0 Å². The summed E-state index contributed by atoms with van der Waals surface area (Å²) >= 11 is 0. The maximum absolute atomic E-state index is 3.95. The molecule has 0 fully saturated rings. The zero-order valence-electron chi connectivity index (χ0n) is 5.48. The number of hydrogen-bond acceptors (Lipinski definition) is 0. The summed E-state index contributed by atoms with van der Waals surface area (Å²) in [6.45, 7) is 3.95. The molecule has 2 rings (SSSR count). The number of rotatable bonds is 0. The first-order chi connectivity index (χ1) is 4.38. The molecule has 0 radical (unpaired) electrons. The molecule has 0 saturated carbocycles. The van der Waals surface area contributed by atoms with Gasteiger partial charge in [0.05, 0.1) is 0 Å². The molecule has 46 valence electrons. The molecule has 0 N–H and O–H groups in total. The number of hydrogen-bond donors (Lipinski definition) is 0. The summed E-state index contributed by atoms with van der Waals surface area (Å²) in [5, 5.41) is 0. The normalized spacial score (nSPS) is 23.8. The molecule has 0 aromatic heterocycles. The van der Waals surface area contributed by atoms with Crippen molar-refractivity contribution in [2.24, 2.45) is 0 Å². The summed E-state index contributed by atoms with van der Waals surface area (Å²) < 4.78 is 0. The van der Waals surface area contributed by atoms with Gasteiger partial charge in [-0.1, -0.05) is 18.7 Å². The van der Waals surface area contributed by atoms with Gasteiger partial charge in [0.25, 0.3) is 0 Å².